The third kappa shape index (κ3) is 4.37. The Hall–Kier alpha value is -2.64. The second-order valence-corrected chi connectivity index (χ2v) is 7.21. The lowest BCUT2D eigenvalue weighted by Crippen LogP contribution is -2.16. The fourth-order valence-electron chi connectivity index (χ4n) is 2.58. The van der Waals surface area contributed by atoms with E-state index >= 15 is 0 Å². The van der Waals surface area contributed by atoms with Crippen LogP contribution in [-0.4, -0.2) is 21.6 Å². The average Bonchev–Trinajstić information content (AvgIpc) is 2.99. The zero-order chi connectivity index (χ0) is 19.6. The van der Waals surface area contributed by atoms with E-state index in [0.29, 0.717) is 27.7 Å². The van der Waals surface area contributed by atoms with Gasteiger partial charge in [-0.1, -0.05) is 27.5 Å². The third-order valence-corrected chi connectivity index (χ3v) is 4.63. The fourth-order valence-corrected chi connectivity index (χ4v) is 3.02. The van der Waals surface area contributed by atoms with Gasteiger partial charge < -0.3 is 10.6 Å². The van der Waals surface area contributed by atoms with Crippen LogP contribution in [0, 0.1) is 6.92 Å². The van der Waals surface area contributed by atoms with E-state index in [2.05, 4.69) is 31.7 Å². The molecule has 3 rings (SSSR count). The molecule has 0 saturated heterocycles. The van der Waals surface area contributed by atoms with Crippen molar-refractivity contribution >= 4 is 50.7 Å². The molecule has 0 atom stereocenters. The van der Waals surface area contributed by atoms with Crippen LogP contribution in [0.3, 0.4) is 0 Å². The van der Waals surface area contributed by atoms with E-state index in [1.165, 1.54) is 13.1 Å². The Kier molecular flexibility index (Phi) is 5.62. The minimum absolute atomic E-state index is 0.243. The molecule has 0 aliphatic carbocycles. The van der Waals surface area contributed by atoms with E-state index in [9.17, 15) is 9.59 Å². The summed E-state index contributed by atoms with van der Waals surface area (Å²) >= 11 is 9.42. The van der Waals surface area contributed by atoms with Crippen LogP contribution in [-0.2, 0) is 4.79 Å². The van der Waals surface area contributed by atoms with Gasteiger partial charge in [-0.05, 0) is 49.4 Å². The van der Waals surface area contributed by atoms with E-state index < -0.39 is 0 Å². The largest absolute Gasteiger partial charge is 0.325 e. The van der Waals surface area contributed by atoms with Crippen molar-refractivity contribution in [1.82, 2.24) is 9.78 Å². The molecule has 0 aliphatic heterocycles. The lowest BCUT2D eigenvalue weighted by molar-refractivity contribution is -0.114. The second-order valence-electron chi connectivity index (χ2n) is 5.86. The monoisotopic (exact) mass is 446 g/mol. The van der Waals surface area contributed by atoms with Gasteiger partial charge >= 0.3 is 0 Å². The Morgan fingerprint density at radius 3 is 2.44 bits per heavy atom. The molecule has 0 bridgehead atoms. The van der Waals surface area contributed by atoms with Crippen molar-refractivity contribution in [2.75, 3.05) is 10.6 Å². The van der Waals surface area contributed by atoms with Crippen LogP contribution < -0.4 is 10.6 Å². The zero-order valence-corrected chi connectivity index (χ0v) is 16.9. The van der Waals surface area contributed by atoms with Crippen molar-refractivity contribution in [1.29, 1.82) is 0 Å². The summed E-state index contributed by atoms with van der Waals surface area (Å²) in [5, 5.41) is 10.2. The third-order valence-electron chi connectivity index (χ3n) is 3.87. The topological polar surface area (TPSA) is 76.0 Å². The molecule has 1 heterocycles. The molecular weight excluding hydrogens is 432 g/mol. The molecule has 8 heteroatoms. The highest BCUT2D eigenvalue weighted by atomic mass is 79.9. The van der Waals surface area contributed by atoms with E-state index in [4.69, 9.17) is 11.6 Å². The summed E-state index contributed by atoms with van der Waals surface area (Å²) in [5.41, 5.74) is 2.85. The average molecular weight is 448 g/mol. The van der Waals surface area contributed by atoms with Crippen molar-refractivity contribution in [3.8, 4) is 5.69 Å². The molecule has 138 valence electrons. The summed E-state index contributed by atoms with van der Waals surface area (Å²) in [5.74, 6) is -0.586. The summed E-state index contributed by atoms with van der Waals surface area (Å²) in [6, 6.07) is 12.5. The number of halogens is 2. The van der Waals surface area contributed by atoms with Gasteiger partial charge in [-0.25, -0.2) is 4.68 Å². The molecular formula is C19H16BrClN4O2. The molecule has 0 aliphatic rings. The van der Waals surface area contributed by atoms with Crippen LogP contribution in [0.5, 0.6) is 0 Å². The number of nitrogens with zero attached hydrogens (tertiary/aromatic N) is 2. The van der Waals surface area contributed by atoms with Gasteiger partial charge in [0.2, 0.25) is 5.91 Å². The maximum Gasteiger partial charge on any atom is 0.259 e. The summed E-state index contributed by atoms with van der Waals surface area (Å²) < 4.78 is 2.65. The molecule has 1 aromatic heterocycles. The first-order chi connectivity index (χ1) is 12.8. The maximum absolute atomic E-state index is 12.8. The number of benzene rings is 2. The van der Waals surface area contributed by atoms with E-state index in [1.807, 2.05) is 31.2 Å². The maximum atomic E-state index is 12.8. The molecule has 2 N–H and O–H groups in total. The Bertz CT molecular complexity index is 1020. The Labute approximate surface area is 169 Å². The quantitative estimate of drug-likeness (QED) is 0.603. The van der Waals surface area contributed by atoms with Crippen LogP contribution in [0.25, 0.3) is 5.69 Å². The molecule has 0 unspecified atom stereocenters. The zero-order valence-electron chi connectivity index (χ0n) is 14.6. The first kappa shape index (κ1) is 19.1. The molecule has 2 aromatic carbocycles. The van der Waals surface area contributed by atoms with Gasteiger partial charge in [0.05, 0.1) is 34.5 Å². The highest BCUT2D eigenvalue weighted by Gasteiger charge is 2.17. The highest BCUT2D eigenvalue weighted by Crippen LogP contribution is 2.27. The minimum atomic E-state index is -0.343. The standard InChI is InChI=1S/C19H16BrClN4O2/c1-11-16(10-22-25(11)15-6-3-13(20)4-7-15)19(27)24-18-9-14(21)5-8-17(18)23-12(2)26/h3-10H,1-2H3,(H,23,26)(H,24,27). The predicted molar refractivity (Wildman–Crippen MR) is 110 cm³/mol. The lowest BCUT2D eigenvalue weighted by Gasteiger charge is -2.12. The predicted octanol–water partition coefficient (Wildman–Crippen LogP) is 4.81. The smallest absolute Gasteiger partial charge is 0.259 e. The molecule has 2 amide bonds. The molecule has 0 fully saturated rings. The number of aromatic nitrogens is 2. The van der Waals surface area contributed by atoms with Crippen molar-refractivity contribution < 1.29 is 9.59 Å². The molecule has 0 spiro atoms. The van der Waals surface area contributed by atoms with Gasteiger partial charge in [0.15, 0.2) is 0 Å². The number of nitrogens with one attached hydrogen (secondary N) is 2. The number of carbonyl (C=O) groups is 2. The number of carbonyl (C=O) groups excluding carboxylic acids is 2. The van der Waals surface area contributed by atoms with Gasteiger partial charge in [0, 0.05) is 16.4 Å². The normalized spacial score (nSPS) is 10.5. The van der Waals surface area contributed by atoms with E-state index in [1.54, 1.807) is 22.9 Å². The first-order valence-corrected chi connectivity index (χ1v) is 9.21. The van der Waals surface area contributed by atoms with Crippen molar-refractivity contribution in [2.45, 2.75) is 13.8 Å². The van der Waals surface area contributed by atoms with Crippen LogP contribution >= 0.6 is 27.5 Å². The Morgan fingerprint density at radius 1 is 1.07 bits per heavy atom. The Balaban J connectivity index is 1.89. The molecule has 27 heavy (non-hydrogen) atoms. The van der Waals surface area contributed by atoms with E-state index in [-0.39, 0.29) is 11.8 Å². The number of hydrogen-bond donors (Lipinski definition) is 2. The molecule has 0 radical (unpaired) electrons. The van der Waals surface area contributed by atoms with Gasteiger partial charge in [0.1, 0.15) is 0 Å². The Morgan fingerprint density at radius 2 is 1.78 bits per heavy atom. The lowest BCUT2D eigenvalue weighted by atomic mass is 10.2. The summed E-state index contributed by atoms with van der Waals surface area (Å²) in [7, 11) is 0. The summed E-state index contributed by atoms with van der Waals surface area (Å²) in [6.45, 7) is 3.21. The van der Waals surface area contributed by atoms with Gasteiger partial charge in [0.25, 0.3) is 5.91 Å². The summed E-state index contributed by atoms with van der Waals surface area (Å²) in [4.78, 5) is 24.1. The molecule has 3 aromatic rings. The number of hydrogen-bond acceptors (Lipinski definition) is 3. The molecule has 6 nitrogen and oxygen atoms in total. The second kappa shape index (κ2) is 7.94. The number of rotatable bonds is 4. The van der Waals surface area contributed by atoms with Gasteiger partial charge in [-0.15, -0.1) is 0 Å². The fraction of sp³-hybridized carbons (Fsp3) is 0.105. The molecule has 0 saturated carbocycles. The van der Waals surface area contributed by atoms with Crippen LogP contribution in [0.15, 0.2) is 53.1 Å². The first-order valence-electron chi connectivity index (χ1n) is 8.04. The highest BCUT2D eigenvalue weighted by molar-refractivity contribution is 9.10. The van der Waals surface area contributed by atoms with Crippen molar-refractivity contribution in [3.05, 3.63) is 69.4 Å². The van der Waals surface area contributed by atoms with Gasteiger partial charge in [-0.3, -0.25) is 9.59 Å². The number of anilines is 2. The minimum Gasteiger partial charge on any atom is -0.325 e. The van der Waals surface area contributed by atoms with Crippen LogP contribution in [0.2, 0.25) is 5.02 Å². The SMILES string of the molecule is CC(=O)Nc1ccc(Cl)cc1NC(=O)c1cnn(-c2ccc(Br)cc2)c1C. The van der Waals surface area contributed by atoms with Crippen LogP contribution in [0.4, 0.5) is 11.4 Å². The van der Waals surface area contributed by atoms with Crippen LogP contribution in [0.1, 0.15) is 23.0 Å². The summed E-state index contributed by atoms with van der Waals surface area (Å²) in [6.07, 6.45) is 1.51. The van der Waals surface area contributed by atoms with Crippen molar-refractivity contribution in [3.63, 3.8) is 0 Å². The van der Waals surface area contributed by atoms with Crippen molar-refractivity contribution in [2.24, 2.45) is 0 Å². The van der Waals surface area contributed by atoms with Gasteiger partial charge in [-0.2, -0.15) is 5.10 Å². The van der Waals surface area contributed by atoms with E-state index in [0.717, 1.165) is 10.2 Å². The number of amides is 2.